The molecule has 0 spiro atoms. The molecule has 0 aromatic heterocycles. The number of allylic oxidation sites excluding steroid dienone is 2. The monoisotopic (exact) mass is 218 g/mol. The molecule has 0 fully saturated rings. The third-order valence-electron chi connectivity index (χ3n) is 1.21. The predicted octanol–water partition coefficient (Wildman–Crippen LogP) is -1.00. The Morgan fingerprint density at radius 1 is 1.38 bits per heavy atom. The van der Waals surface area contributed by atoms with E-state index in [4.69, 9.17) is 0 Å². The van der Waals surface area contributed by atoms with Crippen molar-refractivity contribution in [2.45, 2.75) is 25.7 Å². The van der Waals surface area contributed by atoms with Crippen molar-refractivity contribution < 1.29 is 32.4 Å². The zero-order chi connectivity index (χ0) is 5.11. The molecular formula is C6H9BrNi. The summed E-state index contributed by atoms with van der Waals surface area (Å²) in [5.74, 6) is 0. The van der Waals surface area contributed by atoms with Crippen LogP contribution in [0, 0.1) is 0 Å². The Kier molecular flexibility index (Phi) is 4.99. The van der Waals surface area contributed by atoms with E-state index in [0.717, 1.165) is 0 Å². The van der Waals surface area contributed by atoms with Crippen LogP contribution in [0.15, 0.2) is 10.6 Å². The van der Waals surface area contributed by atoms with Crippen molar-refractivity contribution in [1.82, 2.24) is 0 Å². The Bertz CT molecular complexity index is 88.5. The van der Waals surface area contributed by atoms with Crippen molar-refractivity contribution in [2.75, 3.05) is 0 Å². The quantitative estimate of drug-likeness (QED) is 0.459. The Labute approximate surface area is 68.9 Å². The Morgan fingerprint density at radius 3 is 2.38 bits per heavy atom. The van der Waals surface area contributed by atoms with E-state index in [1.54, 1.807) is 0 Å². The van der Waals surface area contributed by atoms with Crippen LogP contribution in [0.3, 0.4) is 0 Å². The molecule has 1 aliphatic carbocycles. The molecular weight excluding hydrogens is 211 g/mol. The van der Waals surface area contributed by atoms with E-state index in [1.807, 2.05) is 0 Å². The van der Waals surface area contributed by atoms with E-state index in [-0.39, 0.29) is 17.0 Å². The first-order valence-corrected chi connectivity index (χ1v) is 3.20. The van der Waals surface area contributed by atoms with Gasteiger partial charge in [-0.1, -0.05) is 0 Å². The van der Waals surface area contributed by atoms with Crippen LogP contribution in [0.1, 0.15) is 25.7 Å². The molecule has 0 atom stereocenters. The third kappa shape index (κ3) is 2.89. The zero-order valence-electron chi connectivity index (χ0n) is 4.60. The summed E-state index contributed by atoms with van der Waals surface area (Å²) in [5, 5.41) is 0. The molecule has 1 rings (SSSR count). The molecule has 0 bridgehead atoms. The Balaban J connectivity index is 0.000000490. The van der Waals surface area contributed by atoms with Crippen molar-refractivity contribution in [2.24, 2.45) is 0 Å². The molecule has 0 saturated heterocycles. The molecule has 0 unspecified atom stereocenters. The van der Waals surface area contributed by atoms with E-state index in [2.05, 4.69) is 21.5 Å². The first-order chi connectivity index (χ1) is 3.39. The van der Waals surface area contributed by atoms with Gasteiger partial charge in [-0.15, -0.1) is 0 Å². The average Bonchev–Trinajstić information content (AvgIpc) is 1.69. The molecule has 1 aliphatic rings. The molecule has 0 radical (unpaired) electrons. The van der Waals surface area contributed by atoms with Crippen LogP contribution in [0.25, 0.3) is 0 Å². The predicted molar refractivity (Wildman–Crippen MR) is 26.6 cm³/mol. The van der Waals surface area contributed by atoms with Gasteiger partial charge >= 0.3 is 51.8 Å². The molecule has 0 aliphatic heterocycles. The summed E-state index contributed by atoms with van der Waals surface area (Å²) in [6.07, 6.45) is 7.28. The number of halogens is 1. The Morgan fingerprint density at radius 2 is 2.12 bits per heavy atom. The van der Waals surface area contributed by atoms with Gasteiger partial charge in [0.15, 0.2) is 0 Å². The van der Waals surface area contributed by atoms with Gasteiger partial charge in [-0.3, -0.25) is 0 Å². The van der Waals surface area contributed by atoms with Gasteiger partial charge in [-0.25, -0.2) is 0 Å². The topological polar surface area (TPSA) is 0 Å². The first-order valence-electron chi connectivity index (χ1n) is 2.71. The minimum absolute atomic E-state index is 0. The summed E-state index contributed by atoms with van der Waals surface area (Å²) in [6.45, 7) is 0. The normalized spacial score (nSPS) is 19.0. The van der Waals surface area contributed by atoms with Crippen molar-refractivity contribution >= 4 is 0 Å². The van der Waals surface area contributed by atoms with Gasteiger partial charge in [0, 0.05) is 0 Å². The maximum absolute atomic E-state index is 4.68. The second-order valence-corrected chi connectivity index (χ2v) is 2.49. The molecule has 0 aromatic rings. The van der Waals surface area contributed by atoms with Crippen LogP contribution in [-0.2, 0) is 15.5 Å². The number of hydrogen-bond acceptors (Lipinski definition) is 0. The number of hydrogen-bond donors (Lipinski definition) is 0. The van der Waals surface area contributed by atoms with Crippen molar-refractivity contribution in [1.29, 1.82) is 0 Å². The molecule has 0 saturated carbocycles. The van der Waals surface area contributed by atoms with E-state index >= 15 is 0 Å². The second-order valence-electron chi connectivity index (χ2n) is 1.86. The second kappa shape index (κ2) is 4.58. The van der Waals surface area contributed by atoms with E-state index < -0.39 is 0 Å². The van der Waals surface area contributed by atoms with Crippen LogP contribution < -0.4 is 17.0 Å². The first kappa shape index (κ1) is 8.71. The summed E-state index contributed by atoms with van der Waals surface area (Å²) in [7, 11) is 0. The van der Waals surface area contributed by atoms with Gasteiger partial charge in [-0.05, 0) is 0 Å². The minimum atomic E-state index is 0. The van der Waals surface area contributed by atoms with Gasteiger partial charge in [0.25, 0.3) is 0 Å². The number of rotatable bonds is 0. The van der Waals surface area contributed by atoms with Gasteiger partial charge < -0.3 is 17.0 Å². The Hall–Kier alpha value is 0.714. The summed E-state index contributed by atoms with van der Waals surface area (Å²) >= 11 is 4.68. The van der Waals surface area contributed by atoms with Gasteiger partial charge in [0.2, 0.25) is 0 Å². The fraction of sp³-hybridized carbons (Fsp3) is 0.667. The van der Waals surface area contributed by atoms with Crippen molar-refractivity contribution in [3.63, 3.8) is 0 Å². The van der Waals surface area contributed by atoms with Gasteiger partial charge in [0.05, 0.1) is 0 Å². The third-order valence-corrected chi connectivity index (χ3v) is 1.66. The molecule has 0 heterocycles. The molecule has 2 heteroatoms. The zero-order valence-corrected chi connectivity index (χ0v) is 7.17. The van der Waals surface area contributed by atoms with Crippen LogP contribution >= 0.6 is 0 Å². The van der Waals surface area contributed by atoms with Crippen molar-refractivity contribution in [3.8, 4) is 0 Å². The molecule has 8 heavy (non-hydrogen) atoms. The maximum atomic E-state index is 4.68. The van der Waals surface area contributed by atoms with Crippen LogP contribution in [0.5, 0.6) is 0 Å². The van der Waals surface area contributed by atoms with Crippen molar-refractivity contribution in [3.05, 3.63) is 10.6 Å². The fourth-order valence-corrected chi connectivity index (χ4v) is 1.10. The fourth-order valence-electron chi connectivity index (χ4n) is 0.779. The molecule has 0 amide bonds. The SMILES string of the molecule is [Br-].[Ni+][C]1=CCCCC1. The molecule has 50 valence electrons. The van der Waals surface area contributed by atoms with Gasteiger partial charge in [0.1, 0.15) is 0 Å². The van der Waals surface area contributed by atoms with Crippen LogP contribution in [-0.4, -0.2) is 0 Å². The van der Waals surface area contributed by atoms with E-state index in [9.17, 15) is 0 Å². The van der Waals surface area contributed by atoms with Crippen LogP contribution in [0.4, 0.5) is 0 Å². The molecule has 0 N–H and O–H groups in total. The molecule has 0 aromatic carbocycles. The average molecular weight is 220 g/mol. The summed E-state index contributed by atoms with van der Waals surface area (Å²) < 4.78 is 1.21. The summed E-state index contributed by atoms with van der Waals surface area (Å²) in [4.78, 5) is 0. The summed E-state index contributed by atoms with van der Waals surface area (Å²) in [5.41, 5.74) is 0. The summed E-state index contributed by atoms with van der Waals surface area (Å²) in [6, 6.07) is 0. The van der Waals surface area contributed by atoms with Gasteiger partial charge in [-0.2, -0.15) is 0 Å². The van der Waals surface area contributed by atoms with E-state index in [0.29, 0.717) is 0 Å². The van der Waals surface area contributed by atoms with E-state index in [1.165, 1.54) is 30.2 Å². The standard InChI is InChI=1S/C6H9.BrH.Ni/c1-2-4-6-5-3-1;;/h1H,2,4-6H2;1H;/q;;+1/p-1. The molecule has 0 nitrogen and oxygen atoms in total. The van der Waals surface area contributed by atoms with Crippen LogP contribution in [0.2, 0.25) is 0 Å².